The van der Waals surface area contributed by atoms with Crippen molar-refractivity contribution in [1.82, 2.24) is 0 Å². The minimum atomic E-state index is -0.234. The Morgan fingerprint density at radius 3 is 2.33 bits per heavy atom. The Balaban J connectivity index is 2.30. The van der Waals surface area contributed by atoms with Crippen LogP contribution in [0, 0.1) is 13.8 Å². The van der Waals surface area contributed by atoms with E-state index < -0.39 is 0 Å². The van der Waals surface area contributed by atoms with Crippen LogP contribution in [0.4, 0.5) is 0 Å². The molecule has 0 amide bonds. The van der Waals surface area contributed by atoms with Gasteiger partial charge in [0.15, 0.2) is 0 Å². The van der Waals surface area contributed by atoms with Crippen LogP contribution >= 0.6 is 0 Å². The molecule has 3 rings (SSSR count). The first kappa shape index (κ1) is 11.0. The molecule has 18 heavy (non-hydrogen) atoms. The van der Waals surface area contributed by atoms with Gasteiger partial charge in [0.1, 0.15) is 6.61 Å². The molecule has 0 aromatic heterocycles. The lowest BCUT2D eigenvalue weighted by molar-refractivity contribution is 0.0478. The Morgan fingerprint density at radius 1 is 0.889 bits per heavy atom. The van der Waals surface area contributed by atoms with Gasteiger partial charge in [-0.2, -0.15) is 0 Å². The van der Waals surface area contributed by atoms with Gasteiger partial charge in [-0.05, 0) is 36.6 Å². The fourth-order valence-corrected chi connectivity index (χ4v) is 2.39. The van der Waals surface area contributed by atoms with E-state index in [2.05, 4.69) is 18.2 Å². The molecule has 2 heteroatoms. The fourth-order valence-electron chi connectivity index (χ4n) is 2.39. The van der Waals surface area contributed by atoms with E-state index >= 15 is 0 Å². The second kappa shape index (κ2) is 3.98. The van der Waals surface area contributed by atoms with E-state index in [0.717, 1.165) is 22.3 Å². The van der Waals surface area contributed by atoms with Crippen molar-refractivity contribution in [2.24, 2.45) is 0 Å². The summed E-state index contributed by atoms with van der Waals surface area (Å²) in [5.74, 6) is -0.234. The average Bonchev–Trinajstić information content (AvgIpc) is 2.48. The molecule has 90 valence electrons. The van der Waals surface area contributed by atoms with Crippen molar-refractivity contribution in [3.63, 3.8) is 0 Å². The zero-order chi connectivity index (χ0) is 12.7. The molecule has 0 unspecified atom stereocenters. The Bertz CT molecular complexity index is 642. The number of esters is 1. The Hall–Kier alpha value is -2.09. The first-order chi connectivity index (χ1) is 8.65. The van der Waals surface area contributed by atoms with Crippen LogP contribution in [0.3, 0.4) is 0 Å². The van der Waals surface area contributed by atoms with Crippen LogP contribution in [-0.2, 0) is 11.3 Å². The summed E-state index contributed by atoms with van der Waals surface area (Å²) >= 11 is 0. The first-order valence-corrected chi connectivity index (χ1v) is 6.03. The van der Waals surface area contributed by atoms with Crippen molar-refractivity contribution in [1.29, 1.82) is 0 Å². The second-order valence-electron chi connectivity index (χ2n) is 4.79. The Kier molecular flexibility index (Phi) is 2.44. The molecule has 2 aromatic rings. The van der Waals surface area contributed by atoms with E-state index in [1.54, 1.807) is 0 Å². The van der Waals surface area contributed by atoms with Crippen molar-refractivity contribution >= 4 is 5.97 Å². The highest BCUT2D eigenvalue weighted by Crippen LogP contribution is 2.32. The molecular formula is C16H14O2. The smallest absolute Gasteiger partial charge is 0.339 e. The van der Waals surface area contributed by atoms with Crippen LogP contribution in [0.1, 0.15) is 27.0 Å². The number of carbonyl (C=O) groups is 1. The zero-order valence-electron chi connectivity index (χ0n) is 10.5. The maximum absolute atomic E-state index is 12.0. The fraction of sp³-hybridized carbons (Fsp3) is 0.188. The van der Waals surface area contributed by atoms with Gasteiger partial charge >= 0.3 is 5.97 Å². The quantitative estimate of drug-likeness (QED) is 0.655. The minimum absolute atomic E-state index is 0.234. The molecule has 0 N–H and O–H groups in total. The molecule has 0 aliphatic carbocycles. The summed E-state index contributed by atoms with van der Waals surface area (Å²) in [6.07, 6.45) is 0. The van der Waals surface area contributed by atoms with Crippen LogP contribution in [0.5, 0.6) is 0 Å². The lowest BCUT2D eigenvalue weighted by Gasteiger charge is -2.08. The molecule has 0 spiro atoms. The second-order valence-corrected chi connectivity index (χ2v) is 4.79. The van der Waals surface area contributed by atoms with Crippen LogP contribution < -0.4 is 0 Å². The predicted molar refractivity (Wildman–Crippen MR) is 70.5 cm³/mol. The lowest BCUT2D eigenvalue weighted by atomic mass is 9.94. The zero-order valence-corrected chi connectivity index (χ0v) is 10.5. The van der Waals surface area contributed by atoms with Crippen molar-refractivity contribution in [2.45, 2.75) is 20.5 Å². The van der Waals surface area contributed by atoms with E-state index in [9.17, 15) is 4.79 Å². The molecule has 0 radical (unpaired) electrons. The molecule has 1 aliphatic heterocycles. The van der Waals surface area contributed by atoms with E-state index in [0.29, 0.717) is 12.2 Å². The van der Waals surface area contributed by atoms with Crippen molar-refractivity contribution in [3.05, 3.63) is 58.7 Å². The molecule has 0 saturated heterocycles. The molecule has 0 fully saturated rings. The van der Waals surface area contributed by atoms with Crippen LogP contribution in [-0.4, -0.2) is 5.97 Å². The van der Waals surface area contributed by atoms with E-state index in [4.69, 9.17) is 4.74 Å². The van der Waals surface area contributed by atoms with Gasteiger partial charge in [0.25, 0.3) is 0 Å². The average molecular weight is 238 g/mol. The Morgan fingerprint density at radius 2 is 1.56 bits per heavy atom. The summed E-state index contributed by atoms with van der Waals surface area (Å²) < 4.78 is 5.33. The highest BCUT2D eigenvalue weighted by Gasteiger charge is 2.21. The molecule has 1 heterocycles. The third-order valence-corrected chi connectivity index (χ3v) is 3.30. The van der Waals surface area contributed by atoms with Gasteiger partial charge in [-0.15, -0.1) is 0 Å². The molecular weight excluding hydrogens is 224 g/mol. The van der Waals surface area contributed by atoms with Gasteiger partial charge < -0.3 is 4.74 Å². The monoisotopic (exact) mass is 238 g/mol. The number of ether oxygens (including phenoxy) is 1. The molecule has 2 nitrogen and oxygen atoms in total. The van der Waals surface area contributed by atoms with Gasteiger partial charge in [0.2, 0.25) is 0 Å². The van der Waals surface area contributed by atoms with Crippen molar-refractivity contribution in [2.75, 3.05) is 0 Å². The topological polar surface area (TPSA) is 26.3 Å². The molecule has 1 aliphatic rings. The van der Waals surface area contributed by atoms with Gasteiger partial charge in [-0.1, -0.05) is 41.5 Å². The third kappa shape index (κ3) is 1.70. The minimum Gasteiger partial charge on any atom is -0.457 e. The van der Waals surface area contributed by atoms with Crippen LogP contribution in [0.15, 0.2) is 36.4 Å². The summed E-state index contributed by atoms with van der Waals surface area (Å²) in [7, 11) is 0. The third-order valence-electron chi connectivity index (χ3n) is 3.30. The standard InChI is InChI=1S/C16H14O2/c1-10-3-5-13-12(7-10)9-18-16(17)15-8-11(2)4-6-14(13)15/h3-8H,9H2,1-2H3. The van der Waals surface area contributed by atoms with Crippen molar-refractivity contribution < 1.29 is 9.53 Å². The highest BCUT2D eigenvalue weighted by molar-refractivity contribution is 5.99. The number of benzene rings is 2. The largest absolute Gasteiger partial charge is 0.457 e. The van der Waals surface area contributed by atoms with E-state index in [1.807, 2.05) is 32.0 Å². The van der Waals surface area contributed by atoms with Crippen LogP contribution in [0.25, 0.3) is 11.1 Å². The summed E-state index contributed by atoms with van der Waals surface area (Å²) in [6, 6.07) is 12.1. The lowest BCUT2D eigenvalue weighted by Crippen LogP contribution is -2.03. The van der Waals surface area contributed by atoms with Gasteiger partial charge in [0, 0.05) is 0 Å². The number of hydrogen-bond acceptors (Lipinski definition) is 2. The summed E-state index contributed by atoms with van der Waals surface area (Å²) in [5.41, 5.74) is 6.06. The number of fused-ring (bicyclic) bond motifs is 3. The highest BCUT2D eigenvalue weighted by atomic mass is 16.5. The van der Waals surface area contributed by atoms with Crippen LogP contribution in [0.2, 0.25) is 0 Å². The molecule has 2 aromatic carbocycles. The number of hydrogen-bond donors (Lipinski definition) is 0. The summed E-state index contributed by atoms with van der Waals surface area (Å²) in [6.45, 7) is 4.38. The number of aryl methyl sites for hydroxylation is 2. The number of rotatable bonds is 0. The Labute approximate surface area is 106 Å². The normalized spacial score (nSPS) is 13.3. The molecule has 0 saturated carbocycles. The van der Waals surface area contributed by atoms with Gasteiger partial charge in [0.05, 0.1) is 5.56 Å². The van der Waals surface area contributed by atoms with E-state index in [1.165, 1.54) is 5.56 Å². The first-order valence-electron chi connectivity index (χ1n) is 6.03. The van der Waals surface area contributed by atoms with Gasteiger partial charge in [-0.3, -0.25) is 0 Å². The van der Waals surface area contributed by atoms with Crippen molar-refractivity contribution in [3.8, 4) is 11.1 Å². The maximum atomic E-state index is 12.0. The number of cyclic esters (lactones) is 1. The summed E-state index contributed by atoms with van der Waals surface area (Å²) in [4.78, 5) is 12.0. The summed E-state index contributed by atoms with van der Waals surface area (Å²) in [5, 5.41) is 0. The SMILES string of the molecule is Cc1ccc2c(c1)COC(=O)c1cc(C)ccc1-2. The number of carbonyl (C=O) groups excluding carboxylic acids is 1. The molecule has 0 bridgehead atoms. The maximum Gasteiger partial charge on any atom is 0.339 e. The van der Waals surface area contributed by atoms with Gasteiger partial charge in [-0.25, -0.2) is 4.79 Å². The molecule has 0 atom stereocenters. The predicted octanol–water partition coefficient (Wildman–Crippen LogP) is 3.64. The van der Waals surface area contributed by atoms with E-state index in [-0.39, 0.29) is 5.97 Å².